The van der Waals surface area contributed by atoms with Crippen LogP contribution in [-0.4, -0.2) is 69.2 Å². The number of rotatable bonds is 4. The highest BCUT2D eigenvalue weighted by Crippen LogP contribution is 2.34. The Morgan fingerprint density at radius 3 is 2.63 bits per heavy atom. The molecule has 1 fully saturated rings. The van der Waals surface area contributed by atoms with Gasteiger partial charge in [-0.3, -0.25) is 9.69 Å². The Morgan fingerprint density at radius 1 is 1.19 bits per heavy atom. The molecule has 142 valence electrons. The first-order valence-electron chi connectivity index (χ1n) is 8.63. The molecule has 3 heterocycles. The molecule has 1 aromatic carbocycles. The van der Waals surface area contributed by atoms with Gasteiger partial charge < -0.3 is 14.7 Å². The molecular weight excluding hydrogens is 389 g/mol. The second-order valence-corrected chi connectivity index (χ2v) is 7.50. The predicted octanol–water partition coefficient (Wildman–Crippen LogP) is 2.52. The summed E-state index contributed by atoms with van der Waals surface area (Å²) in [5.74, 6) is 0.823. The van der Waals surface area contributed by atoms with E-state index in [9.17, 15) is 9.59 Å². The second-order valence-electron chi connectivity index (χ2n) is 6.72. The topological polar surface area (TPSA) is 59.5 Å². The Hall–Kier alpha value is -2.25. The molecule has 0 N–H and O–H groups in total. The van der Waals surface area contributed by atoms with Crippen LogP contribution in [-0.2, 0) is 11.3 Å². The summed E-state index contributed by atoms with van der Waals surface area (Å²) in [7, 11) is 1.67. The molecule has 3 aliphatic heterocycles. The first-order chi connectivity index (χ1) is 12.9. The Bertz CT molecular complexity index is 871. The number of allylic oxidation sites excluding steroid dienone is 1. The molecule has 1 aromatic rings. The molecule has 4 rings (SSSR count). The molecule has 2 atom stereocenters. The van der Waals surface area contributed by atoms with Crippen LogP contribution in [0.25, 0.3) is 0 Å². The van der Waals surface area contributed by atoms with Crippen LogP contribution in [0.3, 0.4) is 0 Å². The molecule has 0 spiro atoms. The Morgan fingerprint density at radius 2 is 1.93 bits per heavy atom. The molecule has 0 radical (unpaired) electrons. The summed E-state index contributed by atoms with van der Waals surface area (Å²) in [6.45, 7) is 2.67. The Labute approximate surface area is 167 Å². The van der Waals surface area contributed by atoms with Crippen molar-refractivity contribution < 1.29 is 9.59 Å². The lowest BCUT2D eigenvalue weighted by molar-refractivity contribution is -0.137. The lowest BCUT2D eigenvalue weighted by atomic mass is 10.1. The number of carbonyl (C=O) groups excluding carboxylic acids is 2. The van der Waals surface area contributed by atoms with E-state index < -0.39 is 12.2 Å². The fraction of sp³-hybridized carbons (Fsp3) is 0.389. The molecule has 27 heavy (non-hydrogen) atoms. The van der Waals surface area contributed by atoms with Gasteiger partial charge in [0.2, 0.25) is 5.96 Å². The largest absolute Gasteiger partial charge is 0.328 e. The number of aliphatic imine (C=N–C) groups is 1. The van der Waals surface area contributed by atoms with Crippen LogP contribution in [0.5, 0.6) is 0 Å². The maximum atomic E-state index is 13.2. The summed E-state index contributed by atoms with van der Waals surface area (Å²) in [5, 5.41) is 0.524. The fourth-order valence-electron chi connectivity index (χ4n) is 3.71. The van der Waals surface area contributed by atoms with E-state index in [0.29, 0.717) is 23.4 Å². The van der Waals surface area contributed by atoms with Crippen molar-refractivity contribution in [1.29, 1.82) is 0 Å². The van der Waals surface area contributed by atoms with Crippen LogP contribution >= 0.6 is 23.2 Å². The number of carbonyl (C=O) groups is 2. The normalized spacial score (nSPS) is 24.3. The first kappa shape index (κ1) is 18.1. The van der Waals surface area contributed by atoms with Crippen LogP contribution in [0, 0.1) is 0 Å². The van der Waals surface area contributed by atoms with Crippen LogP contribution < -0.4 is 0 Å². The molecular formula is C18H19Cl2N5O2. The van der Waals surface area contributed by atoms with Gasteiger partial charge in [0.1, 0.15) is 0 Å². The van der Waals surface area contributed by atoms with Gasteiger partial charge in [-0.15, -0.1) is 11.6 Å². The molecule has 3 aliphatic rings. The number of hydrogen-bond donors (Lipinski definition) is 0. The summed E-state index contributed by atoms with van der Waals surface area (Å²) in [5.41, 5.74) is 1.70. The third kappa shape index (κ3) is 2.76. The summed E-state index contributed by atoms with van der Waals surface area (Å²) in [6.07, 6.45) is 1.34. The average Bonchev–Trinajstić information content (AvgIpc) is 3.15. The number of benzene rings is 1. The van der Waals surface area contributed by atoms with Gasteiger partial charge in [-0.1, -0.05) is 29.8 Å². The lowest BCUT2D eigenvalue weighted by Crippen LogP contribution is -2.63. The number of alkyl halides is 1. The lowest BCUT2D eigenvalue weighted by Gasteiger charge is -2.40. The molecule has 0 aromatic heterocycles. The molecule has 1 saturated heterocycles. The van der Waals surface area contributed by atoms with E-state index in [0.717, 1.165) is 11.3 Å². The highest BCUT2D eigenvalue weighted by Gasteiger charge is 2.54. The zero-order valence-electron chi connectivity index (χ0n) is 15.0. The van der Waals surface area contributed by atoms with Crippen molar-refractivity contribution in [1.82, 2.24) is 19.6 Å². The number of urea groups is 1. The van der Waals surface area contributed by atoms with Gasteiger partial charge in [0.15, 0.2) is 12.2 Å². The third-order valence-electron chi connectivity index (χ3n) is 5.10. The number of likely N-dealkylation sites (N-methyl/N-ethyl adjacent to an activating group) is 1. The van der Waals surface area contributed by atoms with Gasteiger partial charge in [-0.05, 0) is 18.6 Å². The van der Waals surface area contributed by atoms with Crippen molar-refractivity contribution >= 4 is 41.1 Å². The zero-order chi connectivity index (χ0) is 19.3. The van der Waals surface area contributed by atoms with E-state index in [2.05, 4.69) is 4.99 Å². The summed E-state index contributed by atoms with van der Waals surface area (Å²) in [4.78, 5) is 37.3. The van der Waals surface area contributed by atoms with E-state index in [1.54, 1.807) is 13.1 Å². The number of imide groups is 1. The molecule has 7 nitrogen and oxygen atoms in total. The molecule has 0 bridgehead atoms. The highest BCUT2D eigenvalue weighted by molar-refractivity contribution is 6.31. The molecule has 2 unspecified atom stereocenters. The van der Waals surface area contributed by atoms with Crippen molar-refractivity contribution in [3.05, 3.63) is 46.7 Å². The number of halogens is 2. The van der Waals surface area contributed by atoms with Crippen molar-refractivity contribution in [3.63, 3.8) is 0 Å². The molecule has 3 amide bonds. The SMILES string of the molecule is CC1=CN2C(=NC3C2C(=O)N(Cc2ccccc2Cl)C(=O)N3C)N1CCCl. The van der Waals surface area contributed by atoms with Crippen molar-refractivity contribution in [3.8, 4) is 0 Å². The Balaban J connectivity index is 1.65. The minimum atomic E-state index is -0.583. The van der Waals surface area contributed by atoms with Crippen molar-refractivity contribution in [2.24, 2.45) is 4.99 Å². The summed E-state index contributed by atoms with van der Waals surface area (Å²) in [6, 6.07) is 6.24. The number of hydrogen-bond acceptors (Lipinski definition) is 5. The smallest absolute Gasteiger partial charge is 0.314 e. The van der Waals surface area contributed by atoms with Gasteiger partial charge in [-0.2, -0.15) is 0 Å². The van der Waals surface area contributed by atoms with Crippen molar-refractivity contribution in [2.45, 2.75) is 25.7 Å². The van der Waals surface area contributed by atoms with Gasteiger partial charge in [-0.25, -0.2) is 9.79 Å². The van der Waals surface area contributed by atoms with E-state index in [-0.39, 0.29) is 18.5 Å². The zero-order valence-corrected chi connectivity index (χ0v) is 16.5. The van der Waals surface area contributed by atoms with Crippen LogP contribution in [0.15, 0.2) is 41.2 Å². The predicted molar refractivity (Wildman–Crippen MR) is 103 cm³/mol. The van der Waals surface area contributed by atoms with Crippen LogP contribution in [0.1, 0.15) is 12.5 Å². The number of guanidine groups is 1. The van der Waals surface area contributed by atoms with Gasteiger partial charge in [0.05, 0.1) is 6.54 Å². The first-order valence-corrected chi connectivity index (χ1v) is 9.55. The maximum Gasteiger partial charge on any atom is 0.328 e. The van der Waals surface area contributed by atoms with E-state index >= 15 is 0 Å². The number of amides is 3. The molecule has 9 heteroatoms. The molecule has 0 aliphatic carbocycles. The van der Waals surface area contributed by atoms with Gasteiger partial charge >= 0.3 is 6.03 Å². The molecule has 0 saturated carbocycles. The fourth-order valence-corrected chi connectivity index (χ4v) is 4.07. The van der Waals surface area contributed by atoms with E-state index in [1.165, 1.54) is 9.80 Å². The van der Waals surface area contributed by atoms with Crippen LogP contribution in [0.2, 0.25) is 5.02 Å². The maximum absolute atomic E-state index is 13.2. The second kappa shape index (κ2) is 6.73. The minimum absolute atomic E-state index is 0.127. The minimum Gasteiger partial charge on any atom is -0.314 e. The van der Waals surface area contributed by atoms with E-state index in [4.69, 9.17) is 23.2 Å². The summed E-state index contributed by atoms with van der Waals surface area (Å²) < 4.78 is 0. The van der Waals surface area contributed by atoms with Gasteiger partial charge in [0, 0.05) is 36.4 Å². The average molecular weight is 408 g/mol. The van der Waals surface area contributed by atoms with Crippen molar-refractivity contribution in [2.75, 3.05) is 19.5 Å². The van der Waals surface area contributed by atoms with E-state index in [1.807, 2.05) is 41.1 Å². The monoisotopic (exact) mass is 407 g/mol. The third-order valence-corrected chi connectivity index (χ3v) is 5.63. The highest BCUT2D eigenvalue weighted by atomic mass is 35.5. The standard InChI is InChI=1S/C18H19Cl2N5O2/c1-11-9-24-14-15(21-17(24)23(11)8-7-19)22(2)18(27)25(16(14)26)10-12-5-3-4-6-13(12)20/h3-6,9,14-15H,7-8,10H2,1-2H3. The quantitative estimate of drug-likeness (QED) is 0.719. The van der Waals surface area contributed by atoms with Gasteiger partial charge in [0.25, 0.3) is 5.91 Å². The summed E-state index contributed by atoms with van der Waals surface area (Å²) >= 11 is 12.1. The number of nitrogens with zero attached hydrogens (tertiary/aromatic N) is 5. The number of fused-ring (bicyclic) bond motifs is 3. The van der Waals surface area contributed by atoms with Crippen LogP contribution in [0.4, 0.5) is 4.79 Å². The Kier molecular flexibility index (Phi) is 4.52.